The maximum absolute atomic E-state index is 13.8. The average Bonchev–Trinajstić information content (AvgIpc) is 3.12. The van der Waals surface area contributed by atoms with Crippen LogP contribution in [0.2, 0.25) is 0 Å². The van der Waals surface area contributed by atoms with E-state index in [2.05, 4.69) is 10.2 Å². The Bertz CT molecular complexity index is 1280. The number of carbonyl (C=O) groups is 2. The van der Waals surface area contributed by atoms with Gasteiger partial charge in [-0.3, -0.25) is 14.6 Å². The minimum Gasteiger partial charge on any atom is -0.349 e. The third kappa shape index (κ3) is 5.63. The topological polar surface area (TPSA) is 65.0 Å². The molecule has 1 aliphatic rings. The molecule has 0 aliphatic carbocycles. The molecule has 3 aromatic carbocycles. The molecule has 0 saturated carbocycles. The molecule has 0 bridgehead atoms. The van der Waals surface area contributed by atoms with Gasteiger partial charge in [-0.25, -0.2) is 4.39 Å². The zero-order valence-corrected chi connectivity index (χ0v) is 20.4. The van der Waals surface area contributed by atoms with Crippen molar-refractivity contribution in [2.75, 3.05) is 33.5 Å². The number of halogens is 1. The molecule has 2 amide bonds. The number of fused-ring (bicyclic) bond motifs is 1. The molecule has 0 fully saturated rings. The summed E-state index contributed by atoms with van der Waals surface area (Å²) < 4.78 is 13.8. The molecular formula is C28H29FN4O2. The first-order chi connectivity index (χ1) is 16.7. The van der Waals surface area contributed by atoms with E-state index in [0.29, 0.717) is 22.6 Å². The summed E-state index contributed by atoms with van der Waals surface area (Å²) in [6.07, 6.45) is 0.242. The number of likely N-dealkylation sites (N-methyl/N-ethyl adjacent to an activating group) is 1. The summed E-state index contributed by atoms with van der Waals surface area (Å²) in [6.45, 7) is 0.808. The highest BCUT2D eigenvalue weighted by Gasteiger charge is 2.35. The number of nitrogens with zero attached hydrogens (tertiary/aromatic N) is 3. The van der Waals surface area contributed by atoms with Gasteiger partial charge in [-0.2, -0.15) is 0 Å². The minimum absolute atomic E-state index is 0.0171. The Hall–Kier alpha value is -3.84. The standard InChI is InChI=1S/C28H29FN4O2/c1-32(2)17-18-8-11-22(12-9-18)30-27(20-7-5-6-19(14-20)15-25(34)33(3)4)26-23-13-10-21(29)16-24(23)31-28(26)35/h5-14,16,26H,15,17H2,1-4H3,(H,31,35). The van der Waals surface area contributed by atoms with E-state index < -0.39 is 11.7 Å². The van der Waals surface area contributed by atoms with Gasteiger partial charge in [0.1, 0.15) is 11.7 Å². The van der Waals surface area contributed by atoms with Gasteiger partial charge in [-0.1, -0.05) is 36.4 Å². The molecule has 0 saturated heterocycles. The zero-order chi connectivity index (χ0) is 25.1. The largest absolute Gasteiger partial charge is 0.349 e. The highest BCUT2D eigenvalue weighted by Crippen LogP contribution is 2.37. The van der Waals surface area contributed by atoms with Crippen LogP contribution in [0.25, 0.3) is 0 Å². The fourth-order valence-electron chi connectivity index (χ4n) is 4.16. The van der Waals surface area contributed by atoms with Gasteiger partial charge in [0.25, 0.3) is 0 Å². The van der Waals surface area contributed by atoms with Crippen molar-refractivity contribution in [1.29, 1.82) is 0 Å². The van der Waals surface area contributed by atoms with Crippen molar-refractivity contribution in [3.63, 3.8) is 0 Å². The molecule has 7 heteroatoms. The molecule has 35 heavy (non-hydrogen) atoms. The first-order valence-corrected chi connectivity index (χ1v) is 11.4. The smallest absolute Gasteiger partial charge is 0.238 e. The lowest BCUT2D eigenvalue weighted by atomic mass is 9.89. The summed E-state index contributed by atoms with van der Waals surface area (Å²) >= 11 is 0. The number of hydrogen-bond acceptors (Lipinski definition) is 4. The molecule has 6 nitrogen and oxygen atoms in total. The Balaban J connectivity index is 1.79. The van der Waals surface area contributed by atoms with E-state index in [4.69, 9.17) is 4.99 Å². The van der Waals surface area contributed by atoms with Crippen LogP contribution in [0.5, 0.6) is 0 Å². The maximum atomic E-state index is 13.8. The molecule has 4 rings (SSSR count). The first kappa shape index (κ1) is 24.3. The second-order valence-electron chi connectivity index (χ2n) is 9.22. The predicted molar refractivity (Wildman–Crippen MR) is 137 cm³/mol. The van der Waals surface area contributed by atoms with Gasteiger partial charge in [-0.05, 0) is 66.7 Å². The minimum atomic E-state index is -0.702. The highest BCUT2D eigenvalue weighted by atomic mass is 19.1. The molecule has 1 unspecified atom stereocenters. The lowest BCUT2D eigenvalue weighted by Crippen LogP contribution is -2.24. The quantitative estimate of drug-likeness (QED) is 0.519. The van der Waals surface area contributed by atoms with Gasteiger partial charge >= 0.3 is 0 Å². The third-order valence-electron chi connectivity index (χ3n) is 5.88. The zero-order valence-electron chi connectivity index (χ0n) is 20.4. The number of aliphatic imine (C=N–C) groups is 1. The van der Waals surface area contributed by atoms with Crippen molar-refractivity contribution >= 4 is 28.9 Å². The van der Waals surface area contributed by atoms with Crippen LogP contribution >= 0.6 is 0 Å². The Morgan fingerprint density at radius 1 is 0.971 bits per heavy atom. The average molecular weight is 473 g/mol. The summed E-state index contributed by atoms with van der Waals surface area (Å²) in [4.78, 5) is 33.9. The molecule has 1 N–H and O–H groups in total. The van der Waals surface area contributed by atoms with E-state index in [0.717, 1.165) is 23.2 Å². The Morgan fingerprint density at radius 2 is 1.71 bits per heavy atom. The number of anilines is 1. The molecule has 0 radical (unpaired) electrons. The van der Waals surface area contributed by atoms with E-state index in [1.807, 2.05) is 62.6 Å². The molecule has 3 aromatic rings. The van der Waals surface area contributed by atoms with Crippen molar-refractivity contribution in [3.8, 4) is 0 Å². The molecular weight excluding hydrogens is 443 g/mol. The van der Waals surface area contributed by atoms with Crippen LogP contribution in [0, 0.1) is 5.82 Å². The number of hydrogen-bond donors (Lipinski definition) is 1. The lowest BCUT2D eigenvalue weighted by molar-refractivity contribution is -0.128. The van der Waals surface area contributed by atoms with Crippen molar-refractivity contribution in [2.24, 2.45) is 4.99 Å². The Labute approximate surface area is 205 Å². The summed E-state index contributed by atoms with van der Waals surface area (Å²) in [5.41, 5.74) is 5.10. The second-order valence-corrected chi connectivity index (χ2v) is 9.22. The molecule has 1 aliphatic heterocycles. The van der Waals surface area contributed by atoms with Gasteiger partial charge < -0.3 is 15.1 Å². The summed E-state index contributed by atoms with van der Waals surface area (Å²) in [5, 5.41) is 2.79. The third-order valence-corrected chi connectivity index (χ3v) is 5.88. The number of benzene rings is 3. The molecule has 0 aromatic heterocycles. The summed E-state index contributed by atoms with van der Waals surface area (Å²) in [5.74, 6) is -1.39. The van der Waals surface area contributed by atoms with Gasteiger partial charge in [-0.15, -0.1) is 0 Å². The van der Waals surface area contributed by atoms with Crippen LogP contribution in [0.4, 0.5) is 15.8 Å². The number of rotatable bonds is 7. The first-order valence-electron chi connectivity index (χ1n) is 11.4. The van der Waals surface area contributed by atoms with Gasteiger partial charge in [0.2, 0.25) is 11.8 Å². The molecule has 0 spiro atoms. The van der Waals surface area contributed by atoms with Crippen molar-refractivity contribution in [3.05, 3.63) is 94.8 Å². The molecule has 1 atom stereocenters. The van der Waals surface area contributed by atoms with Crippen LogP contribution < -0.4 is 5.32 Å². The van der Waals surface area contributed by atoms with E-state index in [1.165, 1.54) is 12.1 Å². The summed E-state index contributed by atoms with van der Waals surface area (Å²) in [6, 6.07) is 19.7. The Morgan fingerprint density at radius 3 is 2.40 bits per heavy atom. The van der Waals surface area contributed by atoms with Crippen LogP contribution in [0.15, 0.2) is 71.7 Å². The van der Waals surface area contributed by atoms with Crippen LogP contribution in [0.3, 0.4) is 0 Å². The van der Waals surface area contributed by atoms with Gasteiger partial charge in [0, 0.05) is 26.3 Å². The van der Waals surface area contributed by atoms with Crippen molar-refractivity contribution in [1.82, 2.24) is 9.80 Å². The predicted octanol–water partition coefficient (Wildman–Crippen LogP) is 4.37. The van der Waals surface area contributed by atoms with E-state index in [9.17, 15) is 14.0 Å². The van der Waals surface area contributed by atoms with E-state index in [1.54, 1.807) is 25.1 Å². The number of nitrogens with one attached hydrogen (secondary N) is 1. The lowest BCUT2D eigenvalue weighted by Gasteiger charge is -2.16. The fourth-order valence-corrected chi connectivity index (χ4v) is 4.16. The summed E-state index contributed by atoms with van der Waals surface area (Å²) in [7, 11) is 7.46. The van der Waals surface area contributed by atoms with E-state index in [-0.39, 0.29) is 18.2 Å². The second kappa shape index (κ2) is 10.2. The molecule has 180 valence electrons. The van der Waals surface area contributed by atoms with Crippen molar-refractivity contribution in [2.45, 2.75) is 18.9 Å². The number of amides is 2. The monoisotopic (exact) mass is 472 g/mol. The number of carbonyl (C=O) groups excluding carboxylic acids is 2. The maximum Gasteiger partial charge on any atom is 0.238 e. The highest BCUT2D eigenvalue weighted by molar-refractivity contribution is 6.24. The Kier molecular flexibility index (Phi) is 7.07. The van der Waals surface area contributed by atoms with Crippen LogP contribution in [0.1, 0.15) is 28.2 Å². The van der Waals surface area contributed by atoms with Gasteiger partial charge in [0.15, 0.2) is 0 Å². The fraction of sp³-hybridized carbons (Fsp3) is 0.250. The van der Waals surface area contributed by atoms with Gasteiger partial charge in [0.05, 0.1) is 17.8 Å². The van der Waals surface area contributed by atoms with Crippen molar-refractivity contribution < 1.29 is 14.0 Å². The normalized spacial score (nSPS) is 15.2. The SMILES string of the molecule is CN(C)Cc1ccc(N=C(c2cccc(CC(=O)N(C)C)c2)C2C(=O)Nc3cc(F)ccc32)cc1. The van der Waals surface area contributed by atoms with Crippen LogP contribution in [-0.4, -0.2) is 55.5 Å². The van der Waals surface area contributed by atoms with E-state index >= 15 is 0 Å². The molecule has 1 heterocycles. The van der Waals surface area contributed by atoms with Crippen LogP contribution in [-0.2, 0) is 22.6 Å².